The summed E-state index contributed by atoms with van der Waals surface area (Å²) in [5.41, 5.74) is 7.17. The van der Waals surface area contributed by atoms with Crippen molar-refractivity contribution in [3.8, 4) is 0 Å². The summed E-state index contributed by atoms with van der Waals surface area (Å²) >= 11 is 4.23. The molecular weight excluding hydrogens is 372 g/mol. The number of thioether (sulfide) groups is 2. The molecule has 4 nitrogen and oxygen atoms in total. The second kappa shape index (κ2) is 13.1. The van der Waals surface area contributed by atoms with E-state index in [-0.39, 0.29) is 0 Å². The van der Waals surface area contributed by atoms with Crippen molar-refractivity contribution in [2.24, 2.45) is 17.6 Å². The molecule has 6 heteroatoms. The summed E-state index contributed by atoms with van der Waals surface area (Å²) in [6, 6.07) is 0. The van der Waals surface area contributed by atoms with E-state index in [0.717, 1.165) is 79.2 Å². The zero-order valence-corrected chi connectivity index (χ0v) is 19.1. The summed E-state index contributed by atoms with van der Waals surface area (Å²) in [6.45, 7) is 7.65. The monoisotopic (exact) mass is 414 g/mol. The highest BCUT2D eigenvalue weighted by molar-refractivity contribution is 8.00. The van der Waals surface area contributed by atoms with Crippen LogP contribution in [-0.2, 0) is 0 Å². The lowest BCUT2D eigenvalue weighted by Gasteiger charge is -2.33. The number of hydrogen-bond donors (Lipinski definition) is 4. The molecule has 2 rings (SSSR count). The molecule has 0 radical (unpaired) electrons. The van der Waals surface area contributed by atoms with Gasteiger partial charge in [-0.05, 0) is 50.4 Å². The Kier molecular flexibility index (Phi) is 11.2. The van der Waals surface area contributed by atoms with Crippen molar-refractivity contribution < 1.29 is 10.4 Å². The molecule has 0 aromatic heterocycles. The van der Waals surface area contributed by atoms with Crippen LogP contribution in [0.15, 0.2) is 0 Å². The van der Waals surface area contributed by atoms with Gasteiger partial charge in [0.25, 0.3) is 0 Å². The number of amidine groups is 1. The van der Waals surface area contributed by atoms with Crippen LogP contribution in [0.5, 0.6) is 0 Å². The van der Waals surface area contributed by atoms with Gasteiger partial charge in [0.2, 0.25) is 5.84 Å². The molecule has 6 N–H and O–H groups in total. The zero-order valence-electron chi connectivity index (χ0n) is 17.5. The average molecular weight is 415 g/mol. The van der Waals surface area contributed by atoms with Gasteiger partial charge in [0.1, 0.15) is 0 Å². The molecule has 4 atom stereocenters. The molecule has 27 heavy (non-hydrogen) atoms. The van der Waals surface area contributed by atoms with Gasteiger partial charge >= 0.3 is 0 Å². The van der Waals surface area contributed by atoms with Gasteiger partial charge in [-0.15, -0.1) is 0 Å². The van der Waals surface area contributed by atoms with Gasteiger partial charge in [-0.25, -0.2) is 0 Å². The van der Waals surface area contributed by atoms with Crippen molar-refractivity contribution in [2.45, 2.75) is 75.7 Å². The Hall–Kier alpha value is -0.200. The smallest absolute Gasteiger partial charge is 0.240 e. The first-order valence-electron chi connectivity index (χ1n) is 11.0. The van der Waals surface area contributed by atoms with Crippen molar-refractivity contribution in [3.05, 3.63) is 0 Å². The zero-order chi connectivity index (χ0) is 19.5. The second-order valence-corrected chi connectivity index (χ2v) is 11.1. The SMILES string of the molecule is CC1CCC1SCCNCC(=[NH2+])CCCCC(N)=[NH+]CCSC1CCC1C. The van der Waals surface area contributed by atoms with E-state index >= 15 is 0 Å². The molecule has 4 unspecified atom stereocenters. The van der Waals surface area contributed by atoms with E-state index in [1.54, 1.807) is 0 Å². The van der Waals surface area contributed by atoms with Gasteiger partial charge in [0.15, 0.2) is 5.71 Å². The molecule has 0 aromatic carbocycles. The van der Waals surface area contributed by atoms with E-state index in [9.17, 15) is 0 Å². The average Bonchev–Trinajstić information content (AvgIpc) is 2.65. The molecule has 0 heterocycles. The van der Waals surface area contributed by atoms with Crippen LogP contribution >= 0.6 is 23.5 Å². The van der Waals surface area contributed by atoms with E-state index in [0.29, 0.717) is 0 Å². The quantitative estimate of drug-likeness (QED) is 0.182. The minimum Gasteiger partial charge on any atom is -0.307 e. The van der Waals surface area contributed by atoms with E-state index in [4.69, 9.17) is 11.1 Å². The maximum absolute atomic E-state index is 6.14. The van der Waals surface area contributed by atoms with Crippen molar-refractivity contribution in [3.63, 3.8) is 0 Å². The molecule has 2 aliphatic carbocycles. The van der Waals surface area contributed by atoms with Crippen LogP contribution < -0.4 is 21.5 Å². The van der Waals surface area contributed by atoms with E-state index < -0.39 is 0 Å². The van der Waals surface area contributed by atoms with Crippen molar-refractivity contribution in [1.29, 1.82) is 0 Å². The fraction of sp³-hybridized carbons (Fsp3) is 0.905. The summed E-state index contributed by atoms with van der Waals surface area (Å²) in [5.74, 6) is 5.15. The fourth-order valence-corrected chi connectivity index (χ4v) is 6.19. The summed E-state index contributed by atoms with van der Waals surface area (Å²) in [5, 5.41) is 11.4. The summed E-state index contributed by atoms with van der Waals surface area (Å²) < 4.78 is 0. The first-order chi connectivity index (χ1) is 13.1. The Labute approximate surface area is 175 Å². The number of unbranched alkanes of at least 4 members (excludes halogenated alkanes) is 1. The first kappa shape index (κ1) is 23.1. The van der Waals surface area contributed by atoms with Gasteiger partial charge in [-0.3, -0.25) is 16.1 Å². The van der Waals surface area contributed by atoms with Gasteiger partial charge in [-0.2, -0.15) is 23.5 Å². The third kappa shape index (κ3) is 9.23. The van der Waals surface area contributed by atoms with Crippen molar-refractivity contribution >= 4 is 35.1 Å². The summed E-state index contributed by atoms with van der Waals surface area (Å²) in [7, 11) is 0. The van der Waals surface area contributed by atoms with Gasteiger partial charge in [0, 0.05) is 41.4 Å². The predicted octanol–water partition coefficient (Wildman–Crippen LogP) is 0.838. The molecule has 0 aliphatic heterocycles. The Morgan fingerprint density at radius 1 is 1.00 bits per heavy atom. The number of rotatable bonds is 15. The lowest BCUT2D eigenvalue weighted by Crippen LogP contribution is -2.76. The minimum atomic E-state index is 0.856. The normalized spacial score (nSPS) is 27.9. The van der Waals surface area contributed by atoms with E-state index in [1.807, 2.05) is 0 Å². The highest BCUT2D eigenvalue weighted by Gasteiger charge is 2.27. The second-order valence-electron chi connectivity index (χ2n) is 8.42. The van der Waals surface area contributed by atoms with Crippen molar-refractivity contribution in [1.82, 2.24) is 5.32 Å². The van der Waals surface area contributed by atoms with Crippen LogP contribution in [0.25, 0.3) is 0 Å². The molecule has 2 saturated carbocycles. The lowest BCUT2D eigenvalue weighted by molar-refractivity contribution is -0.453. The molecule has 2 aliphatic rings. The van der Waals surface area contributed by atoms with E-state index in [2.05, 4.69) is 47.7 Å². The summed E-state index contributed by atoms with van der Waals surface area (Å²) in [4.78, 5) is 3.38. The van der Waals surface area contributed by atoms with Crippen LogP contribution in [0.1, 0.15) is 65.2 Å². The third-order valence-corrected chi connectivity index (χ3v) is 9.16. The van der Waals surface area contributed by atoms with Gasteiger partial charge in [0.05, 0.1) is 13.1 Å². The molecule has 0 saturated heterocycles. The first-order valence-corrected chi connectivity index (χ1v) is 13.0. The Morgan fingerprint density at radius 3 is 2.22 bits per heavy atom. The Morgan fingerprint density at radius 2 is 1.63 bits per heavy atom. The van der Waals surface area contributed by atoms with Crippen molar-refractivity contribution in [2.75, 3.05) is 31.1 Å². The Bertz CT molecular complexity index is 469. The molecule has 0 spiro atoms. The lowest BCUT2D eigenvalue weighted by atomic mass is 9.87. The van der Waals surface area contributed by atoms with Crippen LogP contribution in [-0.4, -0.2) is 53.2 Å². The summed E-state index contributed by atoms with van der Waals surface area (Å²) in [6.07, 6.45) is 9.84. The third-order valence-electron chi connectivity index (χ3n) is 6.03. The molecule has 2 fully saturated rings. The van der Waals surface area contributed by atoms with Crippen LogP contribution in [0, 0.1) is 11.8 Å². The predicted molar refractivity (Wildman–Crippen MR) is 123 cm³/mol. The number of nitrogens with one attached hydrogen (secondary N) is 2. The fourth-order valence-electron chi connectivity index (χ4n) is 3.56. The highest BCUT2D eigenvalue weighted by Crippen LogP contribution is 2.37. The van der Waals surface area contributed by atoms with Crippen LogP contribution in [0.3, 0.4) is 0 Å². The molecule has 0 bridgehead atoms. The Balaban J connectivity index is 1.36. The van der Waals surface area contributed by atoms with Crippen LogP contribution in [0.2, 0.25) is 0 Å². The maximum Gasteiger partial charge on any atom is 0.240 e. The van der Waals surface area contributed by atoms with E-state index in [1.165, 1.54) is 37.2 Å². The molecule has 0 aromatic rings. The topological polar surface area (TPSA) is 77.6 Å². The highest BCUT2D eigenvalue weighted by atomic mass is 32.2. The molecule has 0 amide bonds. The standard InChI is InChI=1S/C21H40N4S2/c1-16-7-9-19(16)26-13-11-24-15-18(22)5-3-4-6-21(23)25-12-14-27-20-10-8-17(20)2/h16-17,19-20,22,24H,3-15H2,1-2H3,(H2,23,25)/p+2. The molecule has 156 valence electrons. The largest absolute Gasteiger partial charge is 0.307 e. The van der Waals surface area contributed by atoms with Gasteiger partial charge in [-0.1, -0.05) is 13.8 Å². The number of nitrogens with two attached hydrogens (primary N) is 2. The van der Waals surface area contributed by atoms with Crippen LogP contribution in [0.4, 0.5) is 0 Å². The number of hydrogen-bond acceptors (Lipinski definition) is 3. The van der Waals surface area contributed by atoms with Gasteiger partial charge < -0.3 is 5.32 Å². The minimum absolute atomic E-state index is 0.856. The maximum atomic E-state index is 6.14. The molecular formula is C21H42N4S2+2.